The maximum atomic E-state index is 10.9. The van der Waals surface area contributed by atoms with Gasteiger partial charge in [-0.05, 0) is 27.7 Å². The summed E-state index contributed by atoms with van der Waals surface area (Å²) in [5, 5.41) is 20.1. The van der Waals surface area contributed by atoms with Crippen LogP contribution in [-0.4, -0.2) is 72.6 Å². The van der Waals surface area contributed by atoms with Crippen molar-refractivity contribution >= 4 is 10.3 Å². The highest BCUT2D eigenvalue weighted by atomic mass is 32.2. The standard InChI is InChI=1S/C12H25NO8S/c1-6(2)19-5-8-11(20-7(3)4)10(14)9(12(15)21-8)13-22(16,17)18/h6-15H,5H2,1-4H3,(H,16,17,18)/t8?,9?,10-,11-,12-/m1/s1. The Morgan fingerprint density at radius 3 is 2.23 bits per heavy atom. The molecule has 0 spiro atoms. The number of aliphatic hydroxyl groups is 2. The Labute approximate surface area is 130 Å². The van der Waals surface area contributed by atoms with Crippen LogP contribution in [-0.2, 0) is 24.5 Å². The van der Waals surface area contributed by atoms with Gasteiger partial charge >= 0.3 is 10.3 Å². The molecule has 0 aliphatic carbocycles. The lowest BCUT2D eigenvalue weighted by Crippen LogP contribution is -2.65. The van der Waals surface area contributed by atoms with E-state index >= 15 is 0 Å². The summed E-state index contributed by atoms with van der Waals surface area (Å²) in [6.45, 7) is 7.17. The summed E-state index contributed by atoms with van der Waals surface area (Å²) in [7, 11) is -4.62. The first-order valence-corrected chi connectivity index (χ1v) is 8.48. The van der Waals surface area contributed by atoms with Gasteiger partial charge < -0.3 is 24.4 Å². The van der Waals surface area contributed by atoms with Crippen molar-refractivity contribution in [1.29, 1.82) is 0 Å². The van der Waals surface area contributed by atoms with Gasteiger partial charge in [-0.3, -0.25) is 4.55 Å². The predicted octanol–water partition coefficient (Wildman–Crippen LogP) is -0.956. The smallest absolute Gasteiger partial charge is 0.333 e. The third-order valence-electron chi connectivity index (χ3n) is 3.00. The zero-order valence-corrected chi connectivity index (χ0v) is 13.9. The quantitative estimate of drug-likeness (QED) is 0.434. The van der Waals surface area contributed by atoms with Crippen LogP contribution >= 0.6 is 0 Å². The van der Waals surface area contributed by atoms with Crippen LogP contribution in [0.3, 0.4) is 0 Å². The van der Waals surface area contributed by atoms with Crippen LogP contribution in [0, 0.1) is 0 Å². The highest BCUT2D eigenvalue weighted by molar-refractivity contribution is 7.83. The first-order chi connectivity index (χ1) is 10.0. The first kappa shape index (κ1) is 19.7. The molecule has 5 atom stereocenters. The van der Waals surface area contributed by atoms with Gasteiger partial charge in [0.15, 0.2) is 6.29 Å². The van der Waals surface area contributed by atoms with Crippen molar-refractivity contribution in [2.45, 2.75) is 70.5 Å². The summed E-state index contributed by atoms with van der Waals surface area (Å²) in [4.78, 5) is 0. The predicted molar refractivity (Wildman–Crippen MR) is 76.5 cm³/mol. The molecule has 1 saturated heterocycles. The number of rotatable bonds is 7. The van der Waals surface area contributed by atoms with Crippen LogP contribution in [0.15, 0.2) is 0 Å². The van der Waals surface area contributed by atoms with Gasteiger partial charge in [-0.1, -0.05) is 0 Å². The minimum atomic E-state index is -4.62. The van der Waals surface area contributed by atoms with Gasteiger partial charge in [0.1, 0.15) is 24.4 Å². The molecule has 22 heavy (non-hydrogen) atoms. The Morgan fingerprint density at radius 2 is 1.77 bits per heavy atom. The molecule has 1 heterocycles. The van der Waals surface area contributed by atoms with Gasteiger partial charge in [0.2, 0.25) is 0 Å². The minimum absolute atomic E-state index is 0.0573. The molecule has 0 amide bonds. The van der Waals surface area contributed by atoms with E-state index in [0.717, 1.165) is 0 Å². The maximum Gasteiger partial charge on any atom is 0.333 e. The summed E-state index contributed by atoms with van der Waals surface area (Å²) in [6.07, 6.45) is -5.15. The summed E-state index contributed by atoms with van der Waals surface area (Å²) >= 11 is 0. The van der Waals surface area contributed by atoms with Crippen LogP contribution in [0.5, 0.6) is 0 Å². The lowest BCUT2D eigenvalue weighted by Gasteiger charge is -2.43. The molecule has 10 heteroatoms. The van der Waals surface area contributed by atoms with E-state index in [0.29, 0.717) is 0 Å². The fourth-order valence-corrected chi connectivity index (χ4v) is 2.74. The summed E-state index contributed by atoms with van der Waals surface area (Å²) in [5.41, 5.74) is 0. The van der Waals surface area contributed by atoms with E-state index in [1.165, 1.54) is 0 Å². The molecule has 1 aliphatic heterocycles. The molecule has 1 rings (SSSR count). The zero-order valence-electron chi connectivity index (χ0n) is 13.0. The van der Waals surface area contributed by atoms with Crippen molar-refractivity contribution < 1.29 is 37.4 Å². The lowest BCUT2D eigenvalue weighted by atomic mass is 9.97. The minimum Gasteiger partial charge on any atom is -0.388 e. The average Bonchev–Trinajstić information content (AvgIpc) is 2.34. The van der Waals surface area contributed by atoms with Crippen molar-refractivity contribution in [2.24, 2.45) is 0 Å². The Hall–Kier alpha value is -0.330. The van der Waals surface area contributed by atoms with Crippen LogP contribution in [0.25, 0.3) is 0 Å². The molecule has 0 aromatic carbocycles. The lowest BCUT2D eigenvalue weighted by molar-refractivity contribution is -0.271. The maximum absolute atomic E-state index is 10.9. The van der Waals surface area contributed by atoms with E-state index < -0.39 is 40.9 Å². The molecule has 0 saturated carbocycles. The zero-order chi connectivity index (χ0) is 17.1. The van der Waals surface area contributed by atoms with Crippen LogP contribution in [0.1, 0.15) is 27.7 Å². The third-order valence-corrected chi connectivity index (χ3v) is 3.57. The topological polar surface area (TPSA) is 135 Å². The second-order valence-electron chi connectivity index (χ2n) is 5.71. The fourth-order valence-electron chi connectivity index (χ4n) is 2.14. The van der Waals surface area contributed by atoms with Crippen LogP contribution < -0.4 is 4.72 Å². The number of hydrogen-bond donors (Lipinski definition) is 4. The fraction of sp³-hybridized carbons (Fsp3) is 1.00. The van der Waals surface area contributed by atoms with Crippen LogP contribution in [0.4, 0.5) is 0 Å². The molecule has 9 nitrogen and oxygen atoms in total. The molecule has 0 aromatic rings. The second kappa shape index (κ2) is 7.97. The molecule has 0 radical (unpaired) electrons. The van der Waals surface area contributed by atoms with E-state index in [1.807, 2.05) is 13.8 Å². The van der Waals surface area contributed by atoms with Crippen molar-refractivity contribution in [3.05, 3.63) is 0 Å². The number of hydrogen-bond acceptors (Lipinski definition) is 7. The Bertz CT molecular complexity index is 440. The Kier molecular flexibility index (Phi) is 7.15. The molecular formula is C12H25NO8S. The summed E-state index contributed by atoms with van der Waals surface area (Å²) < 4.78 is 48.7. The van der Waals surface area contributed by atoms with E-state index in [2.05, 4.69) is 0 Å². The number of nitrogens with one attached hydrogen (secondary N) is 1. The summed E-state index contributed by atoms with van der Waals surface area (Å²) in [6, 6.07) is -1.45. The molecular weight excluding hydrogens is 318 g/mol. The van der Waals surface area contributed by atoms with Crippen molar-refractivity contribution in [3.63, 3.8) is 0 Å². The molecule has 132 valence electrons. The highest BCUT2D eigenvalue weighted by Gasteiger charge is 2.47. The molecule has 0 bridgehead atoms. The number of aliphatic hydroxyl groups excluding tert-OH is 2. The van der Waals surface area contributed by atoms with Crippen molar-refractivity contribution in [2.75, 3.05) is 6.61 Å². The highest BCUT2D eigenvalue weighted by Crippen LogP contribution is 2.24. The monoisotopic (exact) mass is 343 g/mol. The van der Waals surface area contributed by atoms with Gasteiger partial charge in [-0.15, -0.1) is 0 Å². The normalized spacial score (nSPS) is 33.6. The molecule has 1 fully saturated rings. The third kappa shape index (κ3) is 6.05. The van der Waals surface area contributed by atoms with Crippen LogP contribution in [0.2, 0.25) is 0 Å². The van der Waals surface area contributed by atoms with Gasteiger partial charge in [-0.2, -0.15) is 13.1 Å². The Balaban J connectivity index is 2.89. The van der Waals surface area contributed by atoms with E-state index in [4.69, 9.17) is 18.8 Å². The van der Waals surface area contributed by atoms with E-state index in [1.54, 1.807) is 18.6 Å². The largest absolute Gasteiger partial charge is 0.388 e. The Morgan fingerprint density at radius 1 is 1.18 bits per heavy atom. The number of ether oxygens (including phenoxy) is 3. The molecule has 0 aromatic heterocycles. The SMILES string of the molecule is CC(C)OCC1O[C@@H](O)C(NS(=O)(=O)O)[C@@H](O)[C@@H]1OC(C)C. The molecule has 2 unspecified atom stereocenters. The second-order valence-corrected chi connectivity index (χ2v) is 6.89. The molecule has 1 aliphatic rings. The average molecular weight is 343 g/mol. The summed E-state index contributed by atoms with van der Waals surface area (Å²) in [5.74, 6) is 0. The van der Waals surface area contributed by atoms with Crippen molar-refractivity contribution in [3.8, 4) is 0 Å². The molecule has 4 N–H and O–H groups in total. The van der Waals surface area contributed by atoms with Gasteiger partial charge in [0.05, 0.1) is 18.8 Å². The van der Waals surface area contributed by atoms with Gasteiger partial charge in [-0.25, -0.2) is 0 Å². The first-order valence-electron chi connectivity index (χ1n) is 7.04. The van der Waals surface area contributed by atoms with Gasteiger partial charge in [0.25, 0.3) is 0 Å². The van der Waals surface area contributed by atoms with E-state index in [-0.39, 0.29) is 18.8 Å². The van der Waals surface area contributed by atoms with Gasteiger partial charge in [0, 0.05) is 0 Å². The van der Waals surface area contributed by atoms with Crippen molar-refractivity contribution in [1.82, 2.24) is 4.72 Å². The van der Waals surface area contributed by atoms with E-state index in [9.17, 15) is 18.6 Å².